The summed E-state index contributed by atoms with van der Waals surface area (Å²) in [6, 6.07) is 11.5. The van der Waals surface area contributed by atoms with Crippen molar-refractivity contribution < 1.29 is 33.0 Å². The molecule has 3 aliphatic heterocycles. The van der Waals surface area contributed by atoms with Crippen LogP contribution in [0.25, 0.3) is 0 Å². The van der Waals surface area contributed by atoms with Crippen molar-refractivity contribution in [1.29, 1.82) is 0 Å². The number of hydrogen-bond donors (Lipinski definition) is 0. The standard InChI is InChI=1S/C27H30FN3O6/c1-35-22-4-2-3-20(17-22)24(32)29-11-9-27(10-12-29)31(25(33)19-5-7-21(28)8-6-19)23(18-37-27)26(34)30-13-15-36-16-14-30/h2-8,17,23H,9-16,18H2,1H3. The van der Waals surface area contributed by atoms with E-state index in [1.807, 2.05) is 0 Å². The van der Waals surface area contributed by atoms with E-state index in [0.29, 0.717) is 63.5 Å². The highest BCUT2D eigenvalue weighted by atomic mass is 19.1. The van der Waals surface area contributed by atoms with Gasteiger partial charge in [-0.05, 0) is 42.5 Å². The fraction of sp³-hybridized carbons (Fsp3) is 0.444. The Bertz CT molecular complexity index is 1160. The largest absolute Gasteiger partial charge is 0.497 e. The molecule has 0 radical (unpaired) electrons. The van der Waals surface area contributed by atoms with Gasteiger partial charge in [0.25, 0.3) is 11.8 Å². The fourth-order valence-corrected chi connectivity index (χ4v) is 5.28. The molecule has 5 rings (SSSR count). The predicted molar refractivity (Wildman–Crippen MR) is 131 cm³/mol. The van der Waals surface area contributed by atoms with Crippen LogP contribution in [0.3, 0.4) is 0 Å². The van der Waals surface area contributed by atoms with Crippen LogP contribution in [0, 0.1) is 5.82 Å². The van der Waals surface area contributed by atoms with Crippen molar-refractivity contribution >= 4 is 17.7 Å². The van der Waals surface area contributed by atoms with Crippen molar-refractivity contribution in [2.45, 2.75) is 24.6 Å². The molecular formula is C27H30FN3O6. The van der Waals surface area contributed by atoms with E-state index >= 15 is 0 Å². The molecule has 1 atom stereocenters. The lowest BCUT2D eigenvalue weighted by Crippen LogP contribution is -2.60. The molecule has 196 valence electrons. The number of hydrogen-bond acceptors (Lipinski definition) is 6. The van der Waals surface area contributed by atoms with Gasteiger partial charge in [0.2, 0.25) is 5.91 Å². The van der Waals surface area contributed by atoms with Crippen LogP contribution in [-0.2, 0) is 14.3 Å². The molecule has 0 bridgehead atoms. The van der Waals surface area contributed by atoms with Gasteiger partial charge in [-0.2, -0.15) is 0 Å². The number of ether oxygens (including phenoxy) is 3. The smallest absolute Gasteiger partial charge is 0.256 e. The molecule has 1 spiro atoms. The zero-order valence-corrected chi connectivity index (χ0v) is 20.7. The Hall–Kier alpha value is -3.50. The molecule has 10 heteroatoms. The summed E-state index contributed by atoms with van der Waals surface area (Å²) in [5.74, 6) is -0.570. The number of methoxy groups -OCH3 is 1. The number of carbonyl (C=O) groups is 3. The highest BCUT2D eigenvalue weighted by Gasteiger charge is 2.55. The summed E-state index contributed by atoms with van der Waals surface area (Å²) in [5.41, 5.74) is -0.244. The van der Waals surface area contributed by atoms with Crippen LogP contribution in [-0.4, -0.2) is 97.3 Å². The minimum Gasteiger partial charge on any atom is -0.497 e. The van der Waals surface area contributed by atoms with Gasteiger partial charge in [0, 0.05) is 50.1 Å². The van der Waals surface area contributed by atoms with E-state index in [9.17, 15) is 18.8 Å². The second kappa shape index (κ2) is 10.5. The Morgan fingerprint density at radius 1 is 0.919 bits per heavy atom. The first kappa shape index (κ1) is 25.2. The third kappa shape index (κ3) is 4.91. The van der Waals surface area contributed by atoms with Crippen molar-refractivity contribution in [3.63, 3.8) is 0 Å². The van der Waals surface area contributed by atoms with Gasteiger partial charge < -0.3 is 24.0 Å². The van der Waals surface area contributed by atoms with E-state index in [2.05, 4.69) is 0 Å². The first-order chi connectivity index (χ1) is 17.9. The molecule has 9 nitrogen and oxygen atoms in total. The Balaban J connectivity index is 1.38. The molecule has 3 saturated heterocycles. The van der Waals surface area contributed by atoms with Crippen molar-refractivity contribution in [2.75, 3.05) is 53.1 Å². The summed E-state index contributed by atoms with van der Waals surface area (Å²) >= 11 is 0. The number of amides is 3. The molecule has 2 aromatic carbocycles. The molecule has 3 fully saturated rings. The van der Waals surface area contributed by atoms with Gasteiger partial charge in [0.15, 0.2) is 0 Å². The summed E-state index contributed by atoms with van der Waals surface area (Å²) in [6.07, 6.45) is 0.699. The van der Waals surface area contributed by atoms with Gasteiger partial charge >= 0.3 is 0 Å². The monoisotopic (exact) mass is 511 g/mol. The minimum atomic E-state index is -1.04. The molecule has 1 unspecified atom stereocenters. The van der Waals surface area contributed by atoms with Crippen molar-refractivity contribution in [3.8, 4) is 5.75 Å². The Labute approximate surface area is 214 Å². The lowest BCUT2D eigenvalue weighted by molar-refractivity contribution is -0.141. The van der Waals surface area contributed by atoms with Gasteiger partial charge in [0.05, 0.1) is 26.9 Å². The number of likely N-dealkylation sites (tertiary alicyclic amines) is 1. The van der Waals surface area contributed by atoms with Gasteiger partial charge in [0.1, 0.15) is 23.3 Å². The SMILES string of the molecule is COc1cccc(C(=O)N2CCC3(CC2)OCC(C(=O)N2CCOCC2)N3C(=O)c2ccc(F)cc2)c1. The normalized spacial score (nSPS) is 21.2. The van der Waals surface area contributed by atoms with E-state index in [-0.39, 0.29) is 24.0 Å². The molecular weight excluding hydrogens is 481 g/mol. The number of carbonyl (C=O) groups excluding carboxylic acids is 3. The van der Waals surface area contributed by atoms with Crippen LogP contribution in [0.5, 0.6) is 5.75 Å². The van der Waals surface area contributed by atoms with Gasteiger partial charge in [-0.15, -0.1) is 0 Å². The summed E-state index contributed by atoms with van der Waals surface area (Å²) in [7, 11) is 1.55. The third-order valence-electron chi connectivity index (χ3n) is 7.33. The number of nitrogens with zero attached hydrogens (tertiary/aromatic N) is 3. The zero-order chi connectivity index (χ0) is 26.0. The zero-order valence-electron chi connectivity index (χ0n) is 20.7. The maximum atomic E-state index is 13.8. The predicted octanol–water partition coefficient (Wildman–Crippen LogP) is 2.17. The van der Waals surface area contributed by atoms with Gasteiger partial charge in [-0.1, -0.05) is 6.07 Å². The van der Waals surface area contributed by atoms with Crippen LogP contribution in [0.15, 0.2) is 48.5 Å². The number of halogens is 1. The number of piperidine rings is 1. The fourth-order valence-electron chi connectivity index (χ4n) is 5.28. The average molecular weight is 512 g/mol. The van der Waals surface area contributed by atoms with E-state index in [1.165, 1.54) is 29.2 Å². The number of morpholine rings is 1. The van der Waals surface area contributed by atoms with Crippen molar-refractivity contribution in [2.24, 2.45) is 0 Å². The molecule has 3 aliphatic rings. The van der Waals surface area contributed by atoms with Gasteiger partial charge in [-0.25, -0.2) is 4.39 Å². The van der Waals surface area contributed by atoms with Gasteiger partial charge in [-0.3, -0.25) is 19.3 Å². The molecule has 0 aliphatic carbocycles. The van der Waals surface area contributed by atoms with E-state index in [0.717, 1.165) is 0 Å². The van der Waals surface area contributed by atoms with Crippen LogP contribution < -0.4 is 4.74 Å². The van der Waals surface area contributed by atoms with Crippen LogP contribution in [0.4, 0.5) is 4.39 Å². The molecule has 0 saturated carbocycles. The minimum absolute atomic E-state index is 0.0625. The third-order valence-corrected chi connectivity index (χ3v) is 7.33. The van der Waals surface area contributed by atoms with Crippen molar-refractivity contribution in [1.82, 2.24) is 14.7 Å². The topological polar surface area (TPSA) is 88.6 Å². The molecule has 37 heavy (non-hydrogen) atoms. The van der Waals surface area contributed by atoms with E-state index < -0.39 is 23.5 Å². The number of benzene rings is 2. The average Bonchev–Trinajstić information content (AvgIpc) is 3.31. The maximum absolute atomic E-state index is 13.8. The molecule has 3 heterocycles. The molecule has 2 aromatic rings. The van der Waals surface area contributed by atoms with Crippen LogP contribution in [0.2, 0.25) is 0 Å². The quantitative estimate of drug-likeness (QED) is 0.625. The van der Waals surface area contributed by atoms with Crippen LogP contribution >= 0.6 is 0 Å². The lowest BCUT2D eigenvalue weighted by atomic mass is 9.96. The summed E-state index contributed by atoms with van der Waals surface area (Å²) < 4.78 is 30.4. The highest BCUT2D eigenvalue weighted by molar-refractivity contribution is 5.98. The highest BCUT2D eigenvalue weighted by Crippen LogP contribution is 2.39. The molecule has 0 N–H and O–H groups in total. The Kier molecular flexibility index (Phi) is 7.12. The van der Waals surface area contributed by atoms with E-state index in [4.69, 9.17) is 14.2 Å². The molecule has 0 aromatic heterocycles. The summed E-state index contributed by atoms with van der Waals surface area (Å²) in [4.78, 5) is 45.4. The van der Waals surface area contributed by atoms with E-state index in [1.54, 1.807) is 41.2 Å². The molecule has 3 amide bonds. The Morgan fingerprint density at radius 3 is 2.30 bits per heavy atom. The summed E-state index contributed by atoms with van der Waals surface area (Å²) in [6.45, 7) is 2.54. The van der Waals surface area contributed by atoms with Crippen LogP contribution in [0.1, 0.15) is 33.6 Å². The first-order valence-corrected chi connectivity index (χ1v) is 12.4. The second-order valence-electron chi connectivity index (χ2n) is 9.42. The maximum Gasteiger partial charge on any atom is 0.256 e. The lowest BCUT2D eigenvalue weighted by Gasteiger charge is -2.45. The second-order valence-corrected chi connectivity index (χ2v) is 9.42. The summed E-state index contributed by atoms with van der Waals surface area (Å²) in [5, 5.41) is 0. The Morgan fingerprint density at radius 2 is 1.62 bits per heavy atom. The van der Waals surface area contributed by atoms with Crippen molar-refractivity contribution in [3.05, 3.63) is 65.5 Å². The first-order valence-electron chi connectivity index (χ1n) is 12.4. The number of rotatable bonds is 4.